The van der Waals surface area contributed by atoms with Gasteiger partial charge in [0.25, 0.3) is 0 Å². The van der Waals surface area contributed by atoms with Gasteiger partial charge < -0.3 is 10.3 Å². The highest BCUT2D eigenvalue weighted by atomic mass is 32.2. The lowest BCUT2D eigenvalue weighted by atomic mass is 10.0. The van der Waals surface area contributed by atoms with Gasteiger partial charge in [-0.1, -0.05) is 26.0 Å². The zero-order chi connectivity index (χ0) is 22.9. The van der Waals surface area contributed by atoms with Crippen LogP contribution in [0.3, 0.4) is 0 Å². The molecule has 3 heterocycles. The van der Waals surface area contributed by atoms with Crippen LogP contribution in [0.2, 0.25) is 0 Å². The molecule has 0 fully saturated rings. The van der Waals surface area contributed by atoms with Crippen molar-refractivity contribution in [1.82, 2.24) is 24.9 Å². The van der Waals surface area contributed by atoms with Gasteiger partial charge in [0.15, 0.2) is 11.6 Å². The summed E-state index contributed by atoms with van der Waals surface area (Å²) < 4.78 is 25.0. The molecule has 32 heavy (non-hydrogen) atoms. The molecule has 1 aromatic carbocycles. The van der Waals surface area contributed by atoms with Crippen LogP contribution in [0, 0.1) is 0 Å². The van der Waals surface area contributed by atoms with Crippen molar-refractivity contribution in [2.24, 2.45) is 0 Å². The lowest BCUT2D eigenvalue weighted by Crippen LogP contribution is -2.27. The Balaban J connectivity index is 1.57. The smallest absolute Gasteiger partial charge is 0.233 e. The number of rotatable bonds is 7. The summed E-state index contributed by atoms with van der Waals surface area (Å²) in [6.07, 6.45) is 4.37. The molecular weight excluding hydrogens is 426 g/mol. The normalized spacial score (nSPS) is 11.8. The van der Waals surface area contributed by atoms with E-state index in [4.69, 9.17) is 0 Å². The van der Waals surface area contributed by atoms with Gasteiger partial charge in [-0.25, -0.2) is 28.4 Å². The number of fused-ring (bicyclic) bond motifs is 1. The molecule has 166 valence electrons. The van der Waals surface area contributed by atoms with E-state index in [-0.39, 0.29) is 0 Å². The van der Waals surface area contributed by atoms with Gasteiger partial charge in [-0.2, -0.15) is 0 Å². The zero-order valence-corrected chi connectivity index (χ0v) is 19.2. The first-order valence-electron chi connectivity index (χ1n) is 10.2. The van der Waals surface area contributed by atoms with Crippen LogP contribution in [0.1, 0.15) is 30.9 Å². The molecule has 0 aliphatic heterocycles. The van der Waals surface area contributed by atoms with E-state index in [2.05, 4.69) is 56.2 Å². The van der Waals surface area contributed by atoms with Crippen molar-refractivity contribution in [2.75, 3.05) is 22.9 Å². The summed E-state index contributed by atoms with van der Waals surface area (Å²) in [4.78, 5) is 21.1. The summed E-state index contributed by atoms with van der Waals surface area (Å²) in [6.45, 7) is 4.65. The molecule has 2 N–H and O–H groups in total. The number of H-pyrrole nitrogens is 1. The van der Waals surface area contributed by atoms with E-state index >= 15 is 0 Å². The van der Waals surface area contributed by atoms with Gasteiger partial charge in [-0.15, -0.1) is 0 Å². The largest absolute Gasteiger partial charge is 0.366 e. The Bertz CT molecular complexity index is 1370. The summed E-state index contributed by atoms with van der Waals surface area (Å²) >= 11 is 0. The quantitative estimate of drug-likeness (QED) is 0.441. The van der Waals surface area contributed by atoms with E-state index in [0.717, 1.165) is 27.2 Å². The number of pyridine rings is 1. The molecule has 0 amide bonds. The Hall–Kier alpha value is -3.53. The molecule has 0 aliphatic carbocycles. The third-order valence-corrected chi connectivity index (χ3v) is 6.33. The number of nitrogens with one attached hydrogen (secondary N) is 2. The van der Waals surface area contributed by atoms with Crippen molar-refractivity contribution in [3.8, 4) is 11.6 Å². The van der Waals surface area contributed by atoms with Gasteiger partial charge >= 0.3 is 0 Å². The molecule has 4 aromatic rings. The SMILES string of the molecule is CC(C)c1ccc2nc(-c3nccc(NCc4cccnc4N(C)S(C)(=O)=O)n3)[nH]c2c1. The highest BCUT2D eigenvalue weighted by Crippen LogP contribution is 2.23. The van der Waals surface area contributed by atoms with Gasteiger partial charge in [0.05, 0.1) is 17.3 Å². The van der Waals surface area contributed by atoms with E-state index in [0.29, 0.717) is 35.7 Å². The van der Waals surface area contributed by atoms with Crippen LogP contribution in [-0.2, 0) is 16.6 Å². The minimum absolute atomic E-state index is 0.345. The third kappa shape index (κ3) is 4.54. The summed E-state index contributed by atoms with van der Waals surface area (Å²) in [5.41, 5.74) is 3.76. The van der Waals surface area contributed by atoms with Gasteiger partial charge in [0.1, 0.15) is 11.6 Å². The molecule has 10 heteroatoms. The molecular formula is C22H25N7O2S. The molecule has 9 nitrogen and oxygen atoms in total. The number of sulfonamides is 1. The number of anilines is 2. The van der Waals surface area contributed by atoms with Crippen LogP contribution in [0.15, 0.2) is 48.8 Å². The Morgan fingerprint density at radius 3 is 2.66 bits per heavy atom. The monoisotopic (exact) mass is 451 g/mol. The van der Waals surface area contributed by atoms with E-state index in [1.807, 2.05) is 12.1 Å². The first kappa shape index (κ1) is 21.7. The molecule has 0 saturated heterocycles. The second kappa shape index (κ2) is 8.54. The van der Waals surface area contributed by atoms with Crippen LogP contribution in [-0.4, -0.2) is 46.6 Å². The maximum atomic E-state index is 11.9. The van der Waals surface area contributed by atoms with Gasteiger partial charge in [-0.3, -0.25) is 4.31 Å². The van der Waals surface area contributed by atoms with Crippen LogP contribution in [0.4, 0.5) is 11.6 Å². The van der Waals surface area contributed by atoms with Gasteiger partial charge in [-0.05, 0) is 35.7 Å². The number of benzene rings is 1. The van der Waals surface area contributed by atoms with Crippen LogP contribution in [0.5, 0.6) is 0 Å². The van der Waals surface area contributed by atoms with Crippen molar-refractivity contribution in [2.45, 2.75) is 26.3 Å². The zero-order valence-electron chi connectivity index (χ0n) is 18.4. The predicted octanol–water partition coefficient (Wildman–Crippen LogP) is 3.55. The van der Waals surface area contributed by atoms with Crippen molar-refractivity contribution in [3.05, 3.63) is 59.9 Å². The Kier molecular flexibility index (Phi) is 5.79. The molecule has 0 atom stereocenters. The van der Waals surface area contributed by atoms with Crippen LogP contribution >= 0.6 is 0 Å². The molecule has 0 radical (unpaired) electrons. The van der Waals surface area contributed by atoms with Crippen LogP contribution in [0.25, 0.3) is 22.7 Å². The Labute approximate surface area is 187 Å². The van der Waals surface area contributed by atoms with E-state index in [9.17, 15) is 8.42 Å². The number of imidazole rings is 1. The highest BCUT2D eigenvalue weighted by Gasteiger charge is 2.17. The average molecular weight is 452 g/mol. The molecule has 0 aliphatic rings. The minimum Gasteiger partial charge on any atom is -0.366 e. The van der Waals surface area contributed by atoms with E-state index in [1.165, 1.54) is 12.6 Å². The van der Waals surface area contributed by atoms with E-state index in [1.54, 1.807) is 24.5 Å². The fraction of sp³-hybridized carbons (Fsp3) is 0.273. The number of aromatic amines is 1. The molecule has 3 aromatic heterocycles. The second-order valence-electron chi connectivity index (χ2n) is 7.85. The molecule has 0 unspecified atom stereocenters. The first-order valence-corrected chi connectivity index (χ1v) is 12.0. The Morgan fingerprint density at radius 1 is 1.09 bits per heavy atom. The van der Waals surface area contributed by atoms with Crippen molar-refractivity contribution >= 4 is 32.7 Å². The fourth-order valence-electron chi connectivity index (χ4n) is 3.26. The van der Waals surface area contributed by atoms with Crippen molar-refractivity contribution in [1.29, 1.82) is 0 Å². The summed E-state index contributed by atoms with van der Waals surface area (Å²) in [5.74, 6) is 2.44. The molecule has 0 saturated carbocycles. The number of hydrogen-bond donors (Lipinski definition) is 2. The molecule has 0 spiro atoms. The van der Waals surface area contributed by atoms with E-state index < -0.39 is 10.0 Å². The Morgan fingerprint density at radius 2 is 1.91 bits per heavy atom. The summed E-state index contributed by atoms with van der Waals surface area (Å²) in [5, 5.41) is 3.22. The summed E-state index contributed by atoms with van der Waals surface area (Å²) in [7, 11) is -1.94. The standard InChI is InChI=1S/C22H25N7O2S/c1-14(2)15-7-8-17-18(12-15)27-21(26-17)20-23-11-9-19(28-20)25-13-16-6-5-10-24-22(16)29(3)32(4,30)31/h5-12,14H,13H2,1-4H3,(H,26,27)(H,23,25,28). The average Bonchev–Trinajstić information content (AvgIpc) is 3.20. The minimum atomic E-state index is -3.42. The van der Waals surface area contributed by atoms with Crippen LogP contribution < -0.4 is 9.62 Å². The van der Waals surface area contributed by atoms with Crippen molar-refractivity contribution in [3.63, 3.8) is 0 Å². The maximum absolute atomic E-state index is 11.9. The van der Waals surface area contributed by atoms with Gasteiger partial charge in [0, 0.05) is 31.5 Å². The lowest BCUT2D eigenvalue weighted by Gasteiger charge is -2.19. The predicted molar refractivity (Wildman–Crippen MR) is 126 cm³/mol. The third-order valence-electron chi connectivity index (χ3n) is 5.16. The number of aromatic nitrogens is 5. The summed E-state index contributed by atoms with van der Waals surface area (Å²) in [6, 6.07) is 11.5. The van der Waals surface area contributed by atoms with Crippen molar-refractivity contribution < 1.29 is 8.42 Å². The van der Waals surface area contributed by atoms with Gasteiger partial charge in [0.2, 0.25) is 10.0 Å². The lowest BCUT2D eigenvalue weighted by molar-refractivity contribution is 0.599. The molecule has 4 rings (SSSR count). The number of nitrogens with zero attached hydrogens (tertiary/aromatic N) is 5. The number of hydrogen-bond acceptors (Lipinski definition) is 7. The first-order chi connectivity index (χ1) is 15.2. The second-order valence-corrected chi connectivity index (χ2v) is 9.87. The topological polar surface area (TPSA) is 117 Å². The molecule has 0 bridgehead atoms. The fourth-order valence-corrected chi connectivity index (χ4v) is 3.74. The highest BCUT2D eigenvalue weighted by molar-refractivity contribution is 7.92. The maximum Gasteiger partial charge on any atom is 0.233 e.